The number of esters is 3. The second kappa shape index (κ2) is 10.9. The summed E-state index contributed by atoms with van der Waals surface area (Å²) in [5.41, 5.74) is -3.37. The van der Waals surface area contributed by atoms with E-state index in [0.29, 0.717) is 63.2 Å². The van der Waals surface area contributed by atoms with Gasteiger partial charge in [-0.3, -0.25) is 23.7 Å². The van der Waals surface area contributed by atoms with Gasteiger partial charge in [-0.05, 0) is 119 Å². The van der Waals surface area contributed by atoms with Crippen molar-refractivity contribution in [1.29, 1.82) is 0 Å². The highest BCUT2D eigenvalue weighted by Gasteiger charge is 2.83. The zero-order valence-electron chi connectivity index (χ0n) is 30.4. The summed E-state index contributed by atoms with van der Waals surface area (Å²) in [7, 11) is -6.06. The average Bonchev–Trinajstić information content (AvgIpc) is 3.61. The lowest BCUT2D eigenvalue weighted by Gasteiger charge is -2.54. The van der Waals surface area contributed by atoms with Crippen molar-refractivity contribution in [3.8, 4) is 0 Å². The molecule has 1 heterocycles. The Hall–Kier alpha value is -2.56. The number of carbonyl (C=O) groups is 5. The number of ketones is 2. The van der Waals surface area contributed by atoms with E-state index in [0.717, 1.165) is 25.7 Å². The molecule has 0 radical (unpaired) electrons. The van der Waals surface area contributed by atoms with Crippen LogP contribution in [0.5, 0.6) is 0 Å². The first kappa shape index (κ1) is 35.6. The average molecular weight is 793 g/mol. The van der Waals surface area contributed by atoms with Crippen LogP contribution in [0, 0.1) is 69.5 Å². The van der Waals surface area contributed by atoms with Gasteiger partial charge in [-0.15, -0.1) is 0 Å². The van der Waals surface area contributed by atoms with E-state index in [2.05, 4.69) is 0 Å². The van der Waals surface area contributed by atoms with E-state index in [4.69, 9.17) is 28.2 Å². The third-order valence-corrected chi connectivity index (χ3v) is 18.0. The van der Waals surface area contributed by atoms with Crippen LogP contribution < -0.4 is 0 Å². The van der Waals surface area contributed by atoms with Crippen molar-refractivity contribution in [1.82, 2.24) is 0 Å². The van der Waals surface area contributed by atoms with E-state index in [1.165, 1.54) is 0 Å². The monoisotopic (exact) mass is 792 g/mol. The van der Waals surface area contributed by atoms with Crippen LogP contribution >= 0.6 is 0 Å². The molecular formula is C39H46F2O13S. The number of carbonyl (C=O) groups excluding carboxylic acids is 5. The minimum atomic E-state index is -6.06. The van der Waals surface area contributed by atoms with Gasteiger partial charge in [-0.2, -0.15) is 17.2 Å². The normalized spacial score (nSPS) is 51.8. The third-order valence-electron chi connectivity index (χ3n) is 17.2. The van der Waals surface area contributed by atoms with Crippen LogP contribution in [0.1, 0.15) is 96.3 Å². The molecule has 2 spiro atoms. The Bertz CT molecular complexity index is 1820. The summed E-state index contributed by atoms with van der Waals surface area (Å²) in [5.74, 6) is -4.44. The maximum atomic E-state index is 14.4. The van der Waals surface area contributed by atoms with E-state index >= 15 is 0 Å². The Kier molecular flexibility index (Phi) is 7.07. The smallest absolute Gasteiger partial charge is 0.462 e. The molecule has 55 heavy (non-hydrogen) atoms. The molecule has 1 N–H and O–H groups in total. The minimum absolute atomic E-state index is 0.0213. The Morgan fingerprint density at radius 3 is 1.65 bits per heavy atom. The fourth-order valence-corrected chi connectivity index (χ4v) is 15.8. The molecule has 11 unspecified atom stereocenters. The molecule has 13 nitrogen and oxygen atoms in total. The second-order valence-electron chi connectivity index (χ2n) is 20.1. The number of ether oxygens (including phenoxy) is 5. The van der Waals surface area contributed by atoms with Gasteiger partial charge in [-0.1, -0.05) is 0 Å². The predicted molar refractivity (Wildman–Crippen MR) is 178 cm³/mol. The molecule has 13 rings (SSSR count). The number of halogens is 2. The maximum Gasteiger partial charge on any atom is 0.465 e. The van der Waals surface area contributed by atoms with E-state index in [1.807, 2.05) is 0 Å². The quantitative estimate of drug-likeness (QED) is 0.201. The maximum absolute atomic E-state index is 14.4. The molecule has 13 fully saturated rings. The summed E-state index contributed by atoms with van der Waals surface area (Å²) >= 11 is 0. The van der Waals surface area contributed by atoms with Gasteiger partial charge in [-0.25, -0.2) is 4.79 Å². The fourth-order valence-electron chi connectivity index (χ4n) is 15.6. The number of hydrogen-bond donors (Lipinski definition) is 1. The molecule has 1 aliphatic heterocycles. The predicted octanol–water partition coefficient (Wildman–Crippen LogP) is 3.95. The Balaban J connectivity index is 0.851. The summed E-state index contributed by atoms with van der Waals surface area (Å²) in [6, 6.07) is 0. The zero-order valence-corrected chi connectivity index (χ0v) is 31.2. The van der Waals surface area contributed by atoms with Crippen LogP contribution in [-0.4, -0.2) is 84.5 Å². The van der Waals surface area contributed by atoms with Gasteiger partial charge < -0.3 is 23.7 Å². The summed E-state index contributed by atoms with van der Waals surface area (Å²) in [6.45, 7) is -0.387. The molecule has 12 saturated carbocycles. The molecule has 1 saturated heterocycles. The first-order valence-corrected chi connectivity index (χ1v) is 21.7. The highest BCUT2D eigenvalue weighted by Crippen LogP contribution is 2.81. The zero-order chi connectivity index (χ0) is 38.3. The second-order valence-corrected chi connectivity index (χ2v) is 21.5. The van der Waals surface area contributed by atoms with Gasteiger partial charge >= 0.3 is 33.3 Å². The van der Waals surface area contributed by atoms with E-state index in [1.54, 1.807) is 0 Å². The molecule has 11 atom stereocenters. The fraction of sp³-hybridized carbons (Fsp3) is 0.872. The summed E-state index contributed by atoms with van der Waals surface area (Å²) in [6.07, 6.45) is 6.50. The molecule has 0 amide bonds. The SMILES string of the molecule is O=C1C2CC3CC1CC(C(=O)OCC1OC4(OC1COC(=O)C15CC6CC(C1)C(=O)C(C6)C5)C1CC5(OC(=O)C(F)(F)S(=O)(=O)O)CC6CC4C6(C1)C5)(C3)C2. The summed E-state index contributed by atoms with van der Waals surface area (Å²) in [4.78, 5) is 66.2. The number of alkyl halides is 2. The van der Waals surface area contributed by atoms with Crippen molar-refractivity contribution in [3.63, 3.8) is 0 Å². The standard InChI is InChI=1S/C39H46F2O13S/c40-39(41,55(47,48)49)33(46)54-36-12-24-5-28-37(24,17-36)14-25(13-36)38(28)52-26(15-50-31(44)34-6-18-1-20(8-34)29(42)21(2-18)9-34)27(53-38)16-51-32(45)35-7-19-3-22(10-35)30(43)23(4-19)11-35/h18-28H,1-17H2,(H,47,48,49). The lowest BCUT2D eigenvalue weighted by Crippen LogP contribution is -2.55. The van der Waals surface area contributed by atoms with Crippen LogP contribution in [0.25, 0.3) is 0 Å². The topological polar surface area (TPSA) is 186 Å². The molecule has 16 heteroatoms. The van der Waals surface area contributed by atoms with E-state index in [-0.39, 0.29) is 91.5 Å². The Morgan fingerprint density at radius 2 is 1.18 bits per heavy atom. The third kappa shape index (κ3) is 4.65. The van der Waals surface area contributed by atoms with Crippen LogP contribution in [0.15, 0.2) is 0 Å². The first-order valence-electron chi connectivity index (χ1n) is 20.2. The van der Waals surface area contributed by atoms with Crippen LogP contribution in [-0.2, 0) is 57.8 Å². The molecular weight excluding hydrogens is 746 g/mol. The van der Waals surface area contributed by atoms with Gasteiger partial charge in [0, 0.05) is 35.5 Å². The highest BCUT2D eigenvalue weighted by atomic mass is 32.2. The number of fused-ring (bicyclic) bond motifs is 4. The largest absolute Gasteiger partial charge is 0.465 e. The Morgan fingerprint density at radius 1 is 0.709 bits per heavy atom. The molecule has 0 aromatic carbocycles. The lowest BCUT2D eigenvalue weighted by molar-refractivity contribution is -0.263. The molecule has 13 aliphatic rings. The molecule has 0 aromatic rings. The lowest BCUT2D eigenvalue weighted by atomic mass is 9.49. The van der Waals surface area contributed by atoms with Crippen molar-refractivity contribution in [2.75, 3.05) is 13.2 Å². The highest BCUT2D eigenvalue weighted by molar-refractivity contribution is 7.87. The van der Waals surface area contributed by atoms with Crippen molar-refractivity contribution in [2.24, 2.45) is 69.5 Å². The van der Waals surface area contributed by atoms with Crippen molar-refractivity contribution in [3.05, 3.63) is 0 Å². The van der Waals surface area contributed by atoms with Crippen molar-refractivity contribution in [2.45, 2.75) is 125 Å². The number of Topliss-reactive ketones (excluding diaryl/α,β-unsaturated/α-hetero) is 2. The molecule has 300 valence electrons. The number of rotatable bonds is 9. The van der Waals surface area contributed by atoms with Gasteiger partial charge in [0.2, 0.25) is 0 Å². The minimum Gasteiger partial charge on any atom is -0.462 e. The molecule has 0 aromatic heterocycles. The molecule has 11 bridgehead atoms. The van der Waals surface area contributed by atoms with E-state index < -0.39 is 67.1 Å². The Labute approximate surface area is 316 Å². The number of hydrogen-bond acceptors (Lipinski definition) is 12. The van der Waals surface area contributed by atoms with Crippen LogP contribution in [0.4, 0.5) is 8.78 Å². The first-order chi connectivity index (χ1) is 25.9. The molecule has 12 aliphatic carbocycles. The summed E-state index contributed by atoms with van der Waals surface area (Å²) in [5, 5.41) is -5.13. The van der Waals surface area contributed by atoms with Crippen LogP contribution in [0.2, 0.25) is 0 Å². The van der Waals surface area contributed by atoms with Gasteiger partial charge in [0.05, 0.1) is 10.8 Å². The van der Waals surface area contributed by atoms with Crippen molar-refractivity contribution >= 4 is 39.6 Å². The van der Waals surface area contributed by atoms with Gasteiger partial charge in [0.1, 0.15) is 42.6 Å². The van der Waals surface area contributed by atoms with Crippen LogP contribution in [0.3, 0.4) is 0 Å². The van der Waals surface area contributed by atoms with Gasteiger partial charge in [0.15, 0.2) is 5.79 Å². The summed E-state index contributed by atoms with van der Waals surface area (Å²) < 4.78 is 92.1. The van der Waals surface area contributed by atoms with Gasteiger partial charge in [0.25, 0.3) is 0 Å². The van der Waals surface area contributed by atoms with Crippen molar-refractivity contribution < 1.29 is 69.4 Å². The van der Waals surface area contributed by atoms with E-state index in [9.17, 15) is 41.2 Å².